The van der Waals surface area contributed by atoms with Gasteiger partial charge in [-0.3, -0.25) is 4.79 Å². The summed E-state index contributed by atoms with van der Waals surface area (Å²) in [7, 11) is 0. The summed E-state index contributed by atoms with van der Waals surface area (Å²) in [4.78, 5) is 15.4. The summed E-state index contributed by atoms with van der Waals surface area (Å²) >= 11 is 1.06. The zero-order valence-corrected chi connectivity index (χ0v) is 11.4. The fourth-order valence-corrected chi connectivity index (χ4v) is 2.50. The van der Waals surface area contributed by atoms with Gasteiger partial charge in [0.25, 0.3) is 5.91 Å². The number of nitrogens with two attached hydrogens (primary N) is 1. The Morgan fingerprint density at radius 1 is 1.33 bits per heavy atom. The number of nitrogens with zero attached hydrogens (tertiary/aromatic N) is 1. The van der Waals surface area contributed by atoms with E-state index in [-0.39, 0.29) is 10.9 Å². The molecule has 1 aliphatic rings. The van der Waals surface area contributed by atoms with E-state index in [0.29, 0.717) is 22.0 Å². The van der Waals surface area contributed by atoms with Crippen LogP contribution in [-0.4, -0.2) is 16.2 Å². The lowest BCUT2D eigenvalue weighted by atomic mass is 10.1. The summed E-state index contributed by atoms with van der Waals surface area (Å²) in [6.07, 6.45) is 1.51. The zero-order chi connectivity index (χ0) is 15.0. The van der Waals surface area contributed by atoms with Crippen molar-refractivity contribution in [3.63, 3.8) is 0 Å². The minimum atomic E-state index is -0.536. The summed E-state index contributed by atoms with van der Waals surface area (Å²) in [5.41, 5.74) is 5.81. The van der Waals surface area contributed by atoms with Crippen molar-refractivity contribution in [2.75, 3.05) is 0 Å². The molecule has 2 aromatic rings. The average Bonchev–Trinajstić information content (AvgIpc) is 2.97. The molecule has 1 aromatic heterocycles. The van der Waals surface area contributed by atoms with E-state index in [9.17, 15) is 14.3 Å². The Kier molecular flexibility index (Phi) is 3.26. The predicted molar refractivity (Wildman–Crippen MR) is 78.0 cm³/mol. The minimum Gasteiger partial charge on any atom is -0.507 e. The molecule has 0 spiro atoms. The Balaban J connectivity index is 1.91. The lowest BCUT2D eigenvalue weighted by Crippen LogP contribution is -2.01. The molecule has 106 valence electrons. The number of thioether (sulfide) groups is 1. The van der Waals surface area contributed by atoms with Crippen molar-refractivity contribution < 1.29 is 18.7 Å². The van der Waals surface area contributed by atoms with Crippen LogP contribution in [0.3, 0.4) is 0 Å². The van der Waals surface area contributed by atoms with Gasteiger partial charge in [-0.2, -0.15) is 4.99 Å². The Hall–Kier alpha value is -2.54. The number of rotatable bonds is 2. The number of aliphatic imine (C=N–C) groups is 1. The largest absolute Gasteiger partial charge is 0.507 e. The first-order valence-electron chi connectivity index (χ1n) is 5.90. The first-order valence-corrected chi connectivity index (χ1v) is 6.71. The summed E-state index contributed by atoms with van der Waals surface area (Å²) in [6.45, 7) is 0. The number of hydrogen-bond donors (Lipinski definition) is 2. The number of carbonyl (C=O) groups is 1. The van der Waals surface area contributed by atoms with Crippen LogP contribution < -0.4 is 5.73 Å². The molecule has 0 radical (unpaired) electrons. The molecule has 3 rings (SSSR count). The summed E-state index contributed by atoms with van der Waals surface area (Å²) in [5.74, 6) is -0.397. The van der Waals surface area contributed by atoms with E-state index in [2.05, 4.69) is 4.99 Å². The number of phenolic OH excluding ortho intramolecular Hbond substituents is 1. The van der Waals surface area contributed by atoms with E-state index in [1.54, 1.807) is 12.1 Å². The Morgan fingerprint density at radius 3 is 2.81 bits per heavy atom. The number of amides is 1. The maximum atomic E-state index is 13.0. The molecular formula is C14H9FN2O3S. The van der Waals surface area contributed by atoms with Crippen molar-refractivity contribution in [3.05, 3.63) is 46.8 Å². The van der Waals surface area contributed by atoms with Crippen LogP contribution in [0.15, 0.2) is 44.6 Å². The molecule has 0 bridgehead atoms. The third kappa shape index (κ3) is 2.68. The highest BCUT2D eigenvalue weighted by atomic mass is 32.2. The van der Waals surface area contributed by atoms with Crippen LogP contribution in [0.25, 0.3) is 17.4 Å². The molecular weight excluding hydrogens is 295 g/mol. The summed E-state index contributed by atoms with van der Waals surface area (Å²) in [6, 6.07) is 6.89. The minimum absolute atomic E-state index is 0.189. The van der Waals surface area contributed by atoms with Gasteiger partial charge in [0, 0.05) is 12.1 Å². The van der Waals surface area contributed by atoms with Gasteiger partial charge in [0.2, 0.25) is 0 Å². The highest BCUT2D eigenvalue weighted by Crippen LogP contribution is 2.33. The van der Waals surface area contributed by atoms with Crippen LogP contribution in [0, 0.1) is 5.82 Å². The van der Waals surface area contributed by atoms with Crippen LogP contribution >= 0.6 is 11.8 Å². The van der Waals surface area contributed by atoms with Gasteiger partial charge in [0.05, 0.1) is 10.5 Å². The van der Waals surface area contributed by atoms with E-state index in [1.165, 1.54) is 18.2 Å². The topological polar surface area (TPSA) is 88.8 Å². The molecule has 0 saturated carbocycles. The number of amidine groups is 1. The Bertz CT molecular complexity index is 795. The SMILES string of the molecule is NC1=NC(=O)/C(=C\c2ccc(-c3ccc(F)cc3O)o2)S1. The highest BCUT2D eigenvalue weighted by Gasteiger charge is 2.20. The average molecular weight is 304 g/mol. The highest BCUT2D eigenvalue weighted by molar-refractivity contribution is 8.18. The number of furan rings is 1. The quantitative estimate of drug-likeness (QED) is 0.833. The number of carbonyl (C=O) groups excluding carboxylic acids is 1. The number of hydrogen-bond acceptors (Lipinski definition) is 5. The van der Waals surface area contributed by atoms with Crippen molar-refractivity contribution in [3.8, 4) is 17.1 Å². The Labute approximate surface area is 123 Å². The molecule has 21 heavy (non-hydrogen) atoms. The molecule has 0 unspecified atom stereocenters. The number of aromatic hydroxyl groups is 1. The second kappa shape index (κ2) is 5.10. The van der Waals surface area contributed by atoms with E-state index in [4.69, 9.17) is 10.2 Å². The summed E-state index contributed by atoms with van der Waals surface area (Å²) < 4.78 is 18.5. The van der Waals surface area contributed by atoms with Crippen LogP contribution in [-0.2, 0) is 4.79 Å². The fourth-order valence-electron chi connectivity index (χ4n) is 1.84. The van der Waals surface area contributed by atoms with Gasteiger partial charge < -0.3 is 15.3 Å². The van der Waals surface area contributed by atoms with Crippen molar-refractivity contribution in [1.29, 1.82) is 0 Å². The second-order valence-corrected chi connectivity index (χ2v) is 5.29. The van der Waals surface area contributed by atoms with Gasteiger partial charge in [0.1, 0.15) is 23.1 Å². The molecule has 0 saturated heterocycles. The molecule has 0 atom stereocenters. The van der Waals surface area contributed by atoms with Gasteiger partial charge in [-0.25, -0.2) is 4.39 Å². The van der Waals surface area contributed by atoms with Crippen LogP contribution in [0.4, 0.5) is 4.39 Å². The molecule has 5 nitrogen and oxygen atoms in total. The molecule has 7 heteroatoms. The van der Waals surface area contributed by atoms with Crippen molar-refractivity contribution in [1.82, 2.24) is 0 Å². The van der Waals surface area contributed by atoms with Gasteiger partial charge >= 0.3 is 0 Å². The van der Waals surface area contributed by atoms with Gasteiger partial charge in [-0.05, 0) is 36.0 Å². The molecule has 1 amide bonds. The molecule has 2 heterocycles. The maximum Gasteiger partial charge on any atom is 0.286 e. The second-order valence-electron chi connectivity index (χ2n) is 4.23. The van der Waals surface area contributed by atoms with Gasteiger partial charge in [0.15, 0.2) is 5.17 Å². The third-order valence-corrected chi connectivity index (χ3v) is 3.58. The van der Waals surface area contributed by atoms with Gasteiger partial charge in [-0.15, -0.1) is 0 Å². The van der Waals surface area contributed by atoms with Crippen molar-refractivity contribution >= 4 is 28.9 Å². The van der Waals surface area contributed by atoms with E-state index < -0.39 is 11.7 Å². The molecule has 1 aromatic carbocycles. The third-order valence-electron chi connectivity index (χ3n) is 2.76. The van der Waals surface area contributed by atoms with Gasteiger partial charge in [-0.1, -0.05) is 0 Å². The summed E-state index contributed by atoms with van der Waals surface area (Å²) in [5, 5.41) is 9.90. The van der Waals surface area contributed by atoms with E-state index in [0.717, 1.165) is 17.8 Å². The Morgan fingerprint density at radius 2 is 2.14 bits per heavy atom. The van der Waals surface area contributed by atoms with Crippen LogP contribution in [0.2, 0.25) is 0 Å². The van der Waals surface area contributed by atoms with E-state index >= 15 is 0 Å². The normalized spacial score (nSPS) is 16.5. The predicted octanol–water partition coefficient (Wildman–Crippen LogP) is 2.72. The lowest BCUT2D eigenvalue weighted by molar-refractivity contribution is -0.113. The number of halogens is 1. The first-order chi connectivity index (χ1) is 10.0. The molecule has 0 aliphatic carbocycles. The lowest BCUT2D eigenvalue weighted by Gasteiger charge is -2.00. The van der Waals surface area contributed by atoms with Crippen LogP contribution in [0.1, 0.15) is 5.76 Å². The van der Waals surface area contributed by atoms with Crippen molar-refractivity contribution in [2.45, 2.75) is 0 Å². The standard InChI is InChI=1S/C14H9FN2O3S/c15-7-1-3-9(10(18)5-7)11-4-2-8(20-11)6-12-13(19)17-14(16)21-12/h1-6,18H,(H2,16,17,19)/b12-6+. The molecule has 0 fully saturated rings. The molecule has 1 aliphatic heterocycles. The van der Waals surface area contributed by atoms with Crippen LogP contribution in [0.5, 0.6) is 5.75 Å². The first kappa shape index (κ1) is 13.4. The fraction of sp³-hybridized carbons (Fsp3) is 0. The van der Waals surface area contributed by atoms with Crippen molar-refractivity contribution in [2.24, 2.45) is 10.7 Å². The number of benzene rings is 1. The van der Waals surface area contributed by atoms with E-state index in [1.807, 2.05) is 0 Å². The zero-order valence-electron chi connectivity index (χ0n) is 10.5. The smallest absolute Gasteiger partial charge is 0.286 e. The maximum absolute atomic E-state index is 13.0. The monoisotopic (exact) mass is 304 g/mol. The number of phenols is 1. The molecule has 3 N–H and O–H groups in total.